The van der Waals surface area contributed by atoms with Crippen LogP contribution in [0.4, 0.5) is 27.6 Å². The molecule has 0 fully saturated rings. The minimum Gasteiger partial charge on any atom is -0.376 e. The van der Waals surface area contributed by atoms with E-state index in [-0.39, 0.29) is 6.54 Å². The molecule has 0 aliphatic carbocycles. The third-order valence-corrected chi connectivity index (χ3v) is 2.29. The molecule has 0 amide bonds. The van der Waals surface area contributed by atoms with Crippen LogP contribution in [0.3, 0.4) is 0 Å². The van der Waals surface area contributed by atoms with Crippen LogP contribution in [0.25, 0.3) is 0 Å². The lowest BCUT2D eigenvalue weighted by molar-refractivity contribution is 0.381. The van der Waals surface area contributed by atoms with Crippen molar-refractivity contribution >= 4 is 5.69 Å². The van der Waals surface area contributed by atoms with Gasteiger partial charge in [0.2, 0.25) is 5.82 Å². The number of benzene rings is 1. The van der Waals surface area contributed by atoms with E-state index in [0.29, 0.717) is 11.1 Å². The molecule has 0 bridgehead atoms. The van der Waals surface area contributed by atoms with E-state index in [4.69, 9.17) is 0 Å². The number of hydrogen-bond donors (Lipinski definition) is 1. The second kappa shape index (κ2) is 5.20. The van der Waals surface area contributed by atoms with Crippen LogP contribution in [0.5, 0.6) is 0 Å². The summed E-state index contributed by atoms with van der Waals surface area (Å²) in [4.78, 5) is 0. The van der Waals surface area contributed by atoms with E-state index in [9.17, 15) is 22.0 Å². The van der Waals surface area contributed by atoms with Crippen LogP contribution in [0.2, 0.25) is 0 Å². The third-order valence-electron chi connectivity index (χ3n) is 2.29. The van der Waals surface area contributed by atoms with Crippen molar-refractivity contribution in [2.75, 3.05) is 11.9 Å². The highest BCUT2D eigenvalue weighted by Gasteiger charge is 2.25. The van der Waals surface area contributed by atoms with Gasteiger partial charge in [-0.1, -0.05) is 18.7 Å². The summed E-state index contributed by atoms with van der Waals surface area (Å²) in [5, 5.41) is 2.11. The molecule has 1 rings (SSSR count). The van der Waals surface area contributed by atoms with Crippen molar-refractivity contribution in [2.24, 2.45) is 0 Å². The molecule has 0 saturated heterocycles. The highest BCUT2D eigenvalue weighted by molar-refractivity contribution is 5.49. The highest BCUT2D eigenvalue weighted by Crippen LogP contribution is 2.27. The van der Waals surface area contributed by atoms with Gasteiger partial charge in [0.1, 0.15) is 5.69 Å². The Balaban J connectivity index is 3.11. The second-order valence-corrected chi connectivity index (χ2v) is 3.68. The first-order valence-corrected chi connectivity index (χ1v) is 4.86. The Morgan fingerprint density at radius 1 is 0.889 bits per heavy atom. The topological polar surface area (TPSA) is 12.0 Å². The Labute approximate surface area is 101 Å². The summed E-state index contributed by atoms with van der Waals surface area (Å²) in [6.07, 6.45) is 0. The molecule has 0 heterocycles. The van der Waals surface area contributed by atoms with Crippen molar-refractivity contribution < 1.29 is 22.0 Å². The van der Waals surface area contributed by atoms with Crippen molar-refractivity contribution in [3.63, 3.8) is 0 Å². The molecule has 0 aliphatic rings. The molecular weight excluding hydrogens is 253 g/mol. The maximum absolute atomic E-state index is 13.2. The van der Waals surface area contributed by atoms with E-state index in [1.165, 1.54) is 0 Å². The molecule has 0 aromatic heterocycles. The first-order chi connectivity index (χ1) is 8.27. The minimum atomic E-state index is -2.19. The molecule has 98 valence electrons. The average molecular weight is 263 g/mol. The van der Waals surface area contributed by atoms with Gasteiger partial charge in [-0.05, 0) is 12.5 Å². The smallest absolute Gasteiger partial charge is 0.200 e. The number of hydrogen-bond acceptors (Lipinski definition) is 1. The van der Waals surface area contributed by atoms with E-state index in [0.717, 1.165) is 0 Å². The molecule has 0 radical (unpaired) electrons. The number of anilines is 1. The van der Waals surface area contributed by atoms with Gasteiger partial charge in [0.25, 0.3) is 0 Å². The Kier molecular flexibility index (Phi) is 4.11. The van der Waals surface area contributed by atoms with Gasteiger partial charge in [-0.2, -0.15) is 0 Å². The van der Waals surface area contributed by atoms with Crippen LogP contribution in [-0.4, -0.2) is 6.54 Å². The Morgan fingerprint density at radius 2 is 1.28 bits per heavy atom. The lowest BCUT2D eigenvalue weighted by atomic mass is 10.1. The summed E-state index contributed by atoms with van der Waals surface area (Å²) in [7, 11) is 0. The van der Waals surface area contributed by atoms with Gasteiger partial charge in [-0.15, -0.1) is 0 Å². The average Bonchev–Trinajstić information content (AvgIpc) is 2.33. The van der Waals surface area contributed by atoms with Crippen LogP contribution in [-0.2, 0) is 0 Å². The van der Waals surface area contributed by atoms with E-state index in [1.54, 1.807) is 6.92 Å². The van der Waals surface area contributed by atoms with Gasteiger partial charge in [-0.3, -0.25) is 0 Å². The molecule has 0 saturated carbocycles. The van der Waals surface area contributed by atoms with E-state index >= 15 is 0 Å². The number of nitrogens with one attached hydrogen (secondary N) is 1. The second-order valence-electron chi connectivity index (χ2n) is 3.68. The quantitative estimate of drug-likeness (QED) is 0.375. The SMILES string of the molecule is C=C(C)C(=C)CNc1c(F)c(F)c(F)c(F)c1F. The summed E-state index contributed by atoms with van der Waals surface area (Å²) < 4.78 is 64.9. The maximum atomic E-state index is 13.2. The molecule has 0 spiro atoms. The Bertz CT molecular complexity index is 493. The van der Waals surface area contributed by atoms with Gasteiger partial charge in [0, 0.05) is 6.54 Å². The van der Waals surface area contributed by atoms with Crippen LogP contribution in [0, 0.1) is 29.1 Å². The third kappa shape index (κ3) is 2.52. The predicted octanol–water partition coefficient (Wildman–Crippen LogP) is 3.93. The summed E-state index contributed by atoms with van der Waals surface area (Å²) in [6.45, 7) is 8.48. The van der Waals surface area contributed by atoms with Crippen LogP contribution in [0.15, 0.2) is 24.3 Å². The molecule has 0 atom stereocenters. The van der Waals surface area contributed by atoms with Crippen molar-refractivity contribution in [3.05, 3.63) is 53.4 Å². The van der Waals surface area contributed by atoms with E-state index in [2.05, 4.69) is 18.5 Å². The van der Waals surface area contributed by atoms with Crippen LogP contribution in [0.1, 0.15) is 6.92 Å². The lowest BCUT2D eigenvalue weighted by Gasteiger charge is -2.12. The zero-order chi connectivity index (χ0) is 14.0. The van der Waals surface area contributed by atoms with Crippen molar-refractivity contribution in [3.8, 4) is 0 Å². The summed E-state index contributed by atoms with van der Waals surface area (Å²) in [6, 6.07) is 0. The number of halogens is 5. The minimum absolute atomic E-state index is 0.173. The molecule has 0 unspecified atom stereocenters. The van der Waals surface area contributed by atoms with Crippen LogP contribution >= 0.6 is 0 Å². The maximum Gasteiger partial charge on any atom is 0.200 e. The lowest BCUT2D eigenvalue weighted by Crippen LogP contribution is -2.12. The zero-order valence-corrected chi connectivity index (χ0v) is 9.51. The Morgan fingerprint density at radius 3 is 1.67 bits per heavy atom. The molecule has 0 aliphatic heterocycles. The van der Waals surface area contributed by atoms with E-state index < -0.39 is 34.8 Å². The number of rotatable bonds is 4. The molecule has 18 heavy (non-hydrogen) atoms. The standard InChI is InChI=1S/C12H10F5N/c1-5(2)6(3)4-18-12-10(16)8(14)7(13)9(15)11(12)17/h18H,1,3-4H2,2H3. The fourth-order valence-electron chi connectivity index (χ4n) is 1.11. The summed E-state index contributed by atoms with van der Waals surface area (Å²) >= 11 is 0. The van der Waals surface area contributed by atoms with Crippen molar-refractivity contribution in [1.29, 1.82) is 0 Å². The molecule has 1 aromatic carbocycles. The van der Waals surface area contributed by atoms with Crippen molar-refractivity contribution in [2.45, 2.75) is 6.92 Å². The van der Waals surface area contributed by atoms with Gasteiger partial charge >= 0.3 is 0 Å². The first-order valence-electron chi connectivity index (χ1n) is 4.86. The predicted molar refractivity (Wildman–Crippen MR) is 58.7 cm³/mol. The normalized spacial score (nSPS) is 10.3. The fourth-order valence-corrected chi connectivity index (χ4v) is 1.11. The molecule has 1 nitrogen and oxygen atoms in total. The first kappa shape index (κ1) is 14.2. The van der Waals surface area contributed by atoms with Crippen LogP contribution < -0.4 is 5.32 Å². The molecular formula is C12H10F5N. The monoisotopic (exact) mass is 263 g/mol. The summed E-state index contributed by atoms with van der Waals surface area (Å²) in [5.41, 5.74) is -0.154. The van der Waals surface area contributed by atoms with Gasteiger partial charge in [0.15, 0.2) is 23.3 Å². The van der Waals surface area contributed by atoms with Crippen molar-refractivity contribution in [1.82, 2.24) is 0 Å². The summed E-state index contributed by atoms with van der Waals surface area (Å²) in [5.74, 6) is -9.97. The molecule has 1 N–H and O–H groups in total. The van der Waals surface area contributed by atoms with E-state index in [1.807, 2.05) is 0 Å². The highest BCUT2D eigenvalue weighted by atomic mass is 19.2. The molecule has 1 aromatic rings. The largest absolute Gasteiger partial charge is 0.376 e. The zero-order valence-electron chi connectivity index (χ0n) is 9.51. The van der Waals surface area contributed by atoms with Gasteiger partial charge in [-0.25, -0.2) is 22.0 Å². The Hall–Kier alpha value is -1.85. The fraction of sp³-hybridized carbons (Fsp3) is 0.167. The molecule has 6 heteroatoms. The van der Waals surface area contributed by atoms with Gasteiger partial charge < -0.3 is 5.32 Å². The van der Waals surface area contributed by atoms with Gasteiger partial charge in [0.05, 0.1) is 0 Å².